The maximum atomic E-state index is 14.0. The molecule has 4 amide bonds. The molecule has 9 rings (SSSR count). The van der Waals surface area contributed by atoms with E-state index in [0.29, 0.717) is 64.5 Å². The monoisotopic (exact) mass is 994 g/mol. The van der Waals surface area contributed by atoms with Crippen LogP contribution in [0.15, 0.2) is 53.4 Å². The number of primary amides is 1. The molecule has 0 unspecified atom stereocenters. The van der Waals surface area contributed by atoms with E-state index in [-0.39, 0.29) is 53.8 Å². The first-order chi connectivity index (χ1) is 33.7. The number of aromatic nitrogens is 2. The van der Waals surface area contributed by atoms with E-state index in [2.05, 4.69) is 21.2 Å². The minimum Gasteiger partial charge on any atom is -0.496 e. The quantitative estimate of drug-likeness (QED) is 0.123. The number of fused-ring (bicyclic) bond motifs is 2. The zero-order valence-electron chi connectivity index (χ0n) is 40.8. The number of benzene rings is 3. The highest BCUT2D eigenvalue weighted by atomic mass is 35.5. The molecule has 17 heteroatoms. The summed E-state index contributed by atoms with van der Waals surface area (Å²) < 4.78 is 31.4. The van der Waals surface area contributed by atoms with Crippen LogP contribution in [0.25, 0.3) is 10.9 Å². The molecule has 4 heterocycles. The van der Waals surface area contributed by atoms with Crippen LogP contribution in [0.5, 0.6) is 5.75 Å². The second kappa shape index (κ2) is 20.8. The summed E-state index contributed by atoms with van der Waals surface area (Å²) in [6.07, 6.45) is 11.4. The third-order valence-electron chi connectivity index (χ3n) is 16.3. The number of hydrogen-bond donors (Lipinski definition) is 2. The van der Waals surface area contributed by atoms with Crippen molar-refractivity contribution in [2.75, 3.05) is 75.4 Å². The van der Waals surface area contributed by atoms with Gasteiger partial charge >= 0.3 is 6.03 Å². The zero-order valence-corrected chi connectivity index (χ0v) is 42.3. The number of urea groups is 1. The van der Waals surface area contributed by atoms with E-state index >= 15 is 0 Å². The van der Waals surface area contributed by atoms with Crippen molar-refractivity contribution in [1.29, 1.82) is 0 Å². The summed E-state index contributed by atoms with van der Waals surface area (Å²) in [5, 5.41) is 4.80. The predicted octanol–water partition coefficient (Wildman–Crippen LogP) is 8.11. The van der Waals surface area contributed by atoms with Gasteiger partial charge in [0.05, 0.1) is 40.0 Å². The first-order valence-corrected chi connectivity index (χ1v) is 27.3. The molecule has 2 saturated carbocycles. The smallest absolute Gasteiger partial charge is 0.319 e. The lowest BCUT2D eigenvalue weighted by Crippen LogP contribution is -2.52. The summed E-state index contributed by atoms with van der Waals surface area (Å²) in [4.78, 5) is 68.6. The number of carbonyl (C=O) groups is 4. The van der Waals surface area contributed by atoms with Crippen molar-refractivity contribution >= 4 is 68.0 Å². The molecule has 4 fully saturated rings. The van der Waals surface area contributed by atoms with Gasteiger partial charge in [-0.15, -0.1) is 0 Å². The van der Waals surface area contributed by atoms with E-state index in [1.165, 1.54) is 17.7 Å². The minimum atomic E-state index is -3.26. The van der Waals surface area contributed by atoms with Crippen LogP contribution in [0.2, 0.25) is 5.02 Å². The molecular weight excluding hydrogens is 928 g/mol. The maximum absolute atomic E-state index is 14.0. The molecule has 1 aromatic heterocycles. The first-order valence-electron chi connectivity index (χ1n) is 25.2. The number of rotatable bonds is 13. The Balaban J connectivity index is 0.739. The second-order valence-corrected chi connectivity index (χ2v) is 23.0. The molecule has 4 aromatic rings. The Morgan fingerprint density at radius 3 is 2.36 bits per heavy atom. The summed E-state index contributed by atoms with van der Waals surface area (Å²) in [6.45, 7) is 9.77. The van der Waals surface area contributed by atoms with Gasteiger partial charge < -0.3 is 30.4 Å². The lowest BCUT2D eigenvalue weighted by Gasteiger charge is -2.47. The number of nitrogens with two attached hydrogens (primary N) is 1. The molecule has 1 spiro atoms. The van der Waals surface area contributed by atoms with Crippen molar-refractivity contribution in [1.82, 2.24) is 24.7 Å². The van der Waals surface area contributed by atoms with E-state index in [1.807, 2.05) is 36.9 Å². The summed E-state index contributed by atoms with van der Waals surface area (Å²) >= 11 is 6.40. The zero-order chi connectivity index (χ0) is 49.3. The predicted molar refractivity (Wildman–Crippen MR) is 271 cm³/mol. The highest BCUT2D eigenvalue weighted by Crippen LogP contribution is 2.47. The number of amides is 4. The van der Waals surface area contributed by atoms with Gasteiger partial charge in [-0.3, -0.25) is 19.4 Å². The van der Waals surface area contributed by atoms with Crippen LogP contribution in [0, 0.1) is 24.2 Å². The number of aldehydes is 1. The number of carbonyl (C=O) groups excluding carboxylic acids is 4. The van der Waals surface area contributed by atoms with Gasteiger partial charge in [-0.1, -0.05) is 23.7 Å². The number of anilines is 2. The van der Waals surface area contributed by atoms with Crippen LogP contribution < -0.4 is 20.7 Å². The minimum absolute atomic E-state index is 0.0149. The average Bonchev–Trinajstić information content (AvgIpc) is 3.68. The molecule has 374 valence electrons. The number of hydrogen-bond acceptors (Lipinski definition) is 11. The second-order valence-electron chi connectivity index (χ2n) is 20.5. The number of likely N-dealkylation sites (tertiary alicyclic amines) is 1. The third-order valence-corrected chi connectivity index (χ3v) is 18.4. The van der Waals surface area contributed by atoms with Gasteiger partial charge in [0.1, 0.15) is 23.7 Å². The fraction of sp³-hybridized carbons (Fsp3) is 0.547. The number of piperazine rings is 1. The van der Waals surface area contributed by atoms with Crippen LogP contribution >= 0.6 is 11.6 Å². The van der Waals surface area contributed by atoms with Gasteiger partial charge in [0.2, 0.25) is 5.91 Å². The Bertz CT molecular complexity index is 2740. The van der Waals surface area contributed by atoms with Crippen molar-refractivity contribution in [3.05, 3.63) is 81.6 Å². The molecule has 2 aliphatic carbocycles. The lowest BCUT2D eigenvalue weighted by atomic mass is 9.65. The number of nitrogens with zero attached hydrogens (tertiary/aromatic N) is 6. The fourth-order valence-corrected chi connectivity index (χ4v) is 14.0. The summed E-state index contributed by atoms with van der Waals surface area (Å²) in [5.74, 6) is 3.34. The number of ether oxygens (including phenoxy) is 1. The number of aryl methyl sites for hydroxylation is 1. The molecular formula is C53H67ClN8O7S. The average molecular weight is 996 g/mol. The molecule has 0 radical (unpaired) electrons. The van der Waals surface area contributed by atoms with Gasteiger partial charge in [-0.05, 0) is 149 Å². The summed E-state index contributed by atoms with van der Waals surface area (Å²) in [7, 11) is -1.56. The van der Waals surface area contributed by atoms with Gasteiger partial charge in [-0.2, -0.15) is 0 Å². The van der Waals surface area contributed by atoms with E-state index < -0.39 is 15.9 Å². The molecule has 2 saturated heterocycles. The fourth-order valence-electron chi connectivity index (χ4n) is 12.2. The molecule has 0 bridgehead atoms. The van der Waals surface area contributed by atoms with Crippen LogP contribution in [-0.2, 0) is 25.8 Å². The van der Waals surface area contributed by atoms with Crippen molar-refractivity contribution in [2.24, 2.45) is 23.0 Å². The van der Waals surface area contributed by atoms with E-state index in [0.717, 1.165) is 117 Å². The standard InChI is InChI=1S/C53H67ClN8O7S/c1-34(40-6-4-7-48-41(40)16-29-70(48,67)68)56-49-43-31-42(47(69-3)32-45(43)57-35(2)58-49)37-8-10-38(11-9-37)50(64)61-26-24-59(25-27-61)33-36-14-17-53(18-15-36)19-22-60(23-20-53)51(65)39-12-13-44(54)46(30-39)62(52(55)66)21-5-28-63/h4,6-7,12-13,28,30-32,34,36-38H,5,8-11,14-27,29,33H2,1-3H3,(H2,55,66)(H,56,57,58)/t34-,37?,38?/m1/s1. The van der Waals surface area contributed by atoms with Gasteiger partial charge in [0, 0.05) is 81.7 Å². The molecule has 1 atom stereocenters. The van der Waals surface area contributed by atoms with E-state index in [1.54, 1.807) is 31.4 Å². The molecule has 3 N–H and O–H groups in total. The normalized spacial score (nSPS) is 21.8. The van der Waals surface area contributed by atoms with Crippen molar-refractivity contribution in [3.63, 3.8) is 0 Å². The number of sulfone groups is 1. The SMILES string of the molecule is COc1cc2nc(C)nc(N[C@H](C)c3cccc4c3CCS4(=O)=O)c2cc1C1CCC(C(=O)N2CCN(CC3CCC4(CC3)CCN(C(=O)c3ccc(Cl)c(N(CCC=O)C(N)=O)c3)CC4)CC2)CC1. The van der Waals surface area contributed by atoms with Crippen LogP contribution in [-0.4, -0.2) is 122 Å². The van der Waals surface area contributed by atoms with E-state index in [4.69, 9.17) is 32.0 Å². The Kier molecular flexibility index (Phi) is 14.8. The highest BCUT2D eigenvalue weighted by molar-refractivity contribution is 7.91. The molecule has 15 nitrogen and oxygen atoms in total. The first kappa shape index (κ1) is 49.7. The topological polar surface area (TPSA) is 188 Å². The Morgan fingerprint density at radius 2 is 1.67 bits per heavy atom. The highest BCUT2D eigenvalue weighted by Gasteiger charge is 2.40. The van der Waals surface area contributed by atoms with Gasteiger partial charge in [0.25, 0.3) is 5.91 Å². The Morgan fingerprint density at radius 1 is 0.943 bits per heavy atom. The Hall–Kier alpha value is -5.32. The number of halogens is 1. The largest absolute Gasteiger partial charge is 0.496 e. The van der Waals surface area contributed by atoms with Gasteiger partial charge in [-0.25, -0.2) is 23.2 Å². The van der Waals surface area contributed by atoms with Crippen molar-refractivity contribution in [3.8, 4) is 5.75 Å². The molecule has 5 aliphatic rings. The Labute approximate surface area is 416 Å². The number of piperidine rings is 1. The lowest BCUT2D eigenvalue weighted by molar-refractivity contribution is -0.138. The van der Waals surface area contributed by atoms with Crippen molar-refractivity contribution < 1.29 is 32.3 Å². The van der Waals surface area contributed by atoms with Crippen LogP contribution in [0.1, 0.15) is 122 Å². The molecule has 3 aliphatic heterocycles. The molecule has 3 aromatic carbocycles. The van der Waals surface area contributed by atoms with Crippen LogP contribution in [0.3, 0.4) is 0 Å². The molecule has 70 heavy (non-hydrogen) atoms. The van der Waals surface area contributed by atoms with Gasteiger partial charge in [0.15, 0.2) is 9.84 Å². The van der Waals surface area contributed by atoms with E-state index in [9.17, 15) is 27.6 Å². The number of methoxy groups -OCH3 is 1. The third kappa shape index (κ3) is 10.4. The summed E-state index contributed by atoms with van der Waals surface area (Å²) in [5.41, 5.74) is 10.3. The van der Waals surface area contributed by atoms with Crippen molar-refractivity contribution in [2.45, 2.75) is 108 Å². The summed E-state index contributed by atoms with van der Waals surface area (Å²) in [6, 6.07) is 13.7. The number of nitrogens with one attached hydrogen (secondary N) is 1. The van der Waals surface area contributed by atoms with Crippen LogP contribution in [0.4, 0.5) is 16.3 Å². The maximum Gasteiger partial charge on any atom is 0.319 e.